The minimum Gasteiger partial charge on any atom is -0.497 e. The van der Waals surface area contributed by atoms with Crippen LogP contribution in [0.2, 0.25) is 0 Å². The Morgan fingerprint density at radius 3 is 2.77 bits per heavy atom. The van der Waals surface area contributed by atoms with Gasteiger partial charge in [-0.05, 0) is 44.0 Å². The number of aromatic amines is 1. The van der Waals surface area contributed by atoms with E-state index in [1.54, 1.807) is 12.0 Å². The molecule has 2 aromatic rings. The van der Waals surface area contributed by atoms with E-state index >= 15 is 0 Å². The topological polar surface area (TPSA) is 54.6 Å². The van der Waals surface area contributed by atoms with Gasteiger partial charge in [0.25, 0.3) is 0 Å². The molecule has 0 unspecified atom stereocenters. The van der Waals surface area contributed by atoms with Gasteiger partial charge in [0.15, 0.2) is 0 Å². The highest BCUT2D eigenvalue weighted by Gasteiger charge is 2.25. The Labute approximate surface area is 130 Å². The molecule has 0 bridgehead atoms. The summed E-state index contributed by atoms with van der Waals surface area (Å²) in [6, 6.07) is 8.25. The fraction of sp³-hybridized carbons (Fsp3) is 0.471. The van der Waals surface area contributed by atoms with E-state index in [1.165, 1.54) is 11.1 Å². The number of nitrogens with zero attached hydrogens (tertiary/aromatic N) is 1. The van der Waals surface area contributed by atoms with Gasteiger partial charge in [-0.15, -0.1) is 0 Å². The second-order valence-corrected chi connectivity index (χ2v) is 5.64. The maximum absolute atomic E-state index is 11.7. The maximum atomic E-state index is 11.7. The minimum absolute atomic E-state index is 0.192. The fourth-order valence-electron chi connectivity index (χ4n) is 3.07. The van der Waals surface area contributed by atoms with Crippen LogP contribution in [-0.4, -0.2) is 42.8 Å². The summed E-state index contributed by atoms with van der Waals surface area (Å²) in [5.41, 5.74) is 2.37. The van der Waals surface area contributed by atoms with Gasteiger partial charge < -0.3 is 19.4 Å². The second kappa shape index (κ2) is 6.30. The molecule has 0 spiro atoms. The highest BCUT2D eigenvalue weighted by molar-refractivity contribution is 5.82. The number of nitrogens with one attached hydrogen (secondary N) is 1. The molecule has 2 heterocycles. The predicted octanol–water partition coefficient (Wildman–Crippen LogP) is 3.51. The molecule has 0 radical (unpaired) electrons. The first-order chi connectivity index (χ1) is 10.7. The maximum Gasteiger partial charge on any atom is 0.409 e. The van der Waals surface area contributed by atoms with Crippen LogP contribution in [0.3, 0.4) is 0 Å². The summed E-state index contributed by atoms with van der Waals surface area (Å²) < 4.78 is 10.3. The number of hydrogen-bond acceptors (Lipinski definition) is 3. The SMILES string of the molecule is CCOC(=O)N1CCC(c2cc3cc(OC)ccc3[nH]2)CC1. The van der Waals surface area contributed by atoms with E-state index in [1.807, 2.05) is 25.1 Å². The summed E-state index contributed by atoms with van der Waals surface area (Å²) in [5.74, 6) is 1.33. The van der Waals surface area contributed by atoms with Crippen molar-refractivity contribution in [3.8, 4) is 5.75 Å². The number of rotatable bonds is 3. The van der Waals surface area contributed by atoms with Crippen LogP contribution in [0.4, 0.5) is 4.79 Å². The molecule has 5 nitrogen and oxygen atoms in total. The van der Waals surface area contributed by atoms with Crippen LogP contribution >= 0.6 is 0 Å². The Kier molecular flexibility index (Phi) is 4.22. The lowest BCUT2D eigenvalue weighted by Gasteiger charge is -2.30. The third kappa shape index (κ3) is 2.89. The number of likely N-dealkylation sites (tertiary alicyclic amines) is 1. The van der Waals surface area contributed by atoms with Gasteiger partial charge >= 0.3 is 6.09 Å². The summed E-state index contributed by atoms with van der Waals surface area (Å²) in [4.78, 5) is 17.0. The molecular formula is C17H22N2O3. The molecular weight excluding hydrogens is 280 g/mol. The van der Waals surface area contributed by atoms with Crippen LogP contribution < -0.4 is 4.74 Å². The second-order valence-electron chi connectivity index (χ2n) is 5.64. The molecule has 1 aromatic carbocycles. The first-order valence-electron chi connectivity index (χ1n) is 7.79. The van der Waals surface area contributed by atoms with Crippen molar-refractivity contribution in [1.29, 1.82) is 0 Å². The molecule has 3 rings (SSSR count). The van der Waals surface area contributed by atoms with Crippen LogP contribution in [0.25, 0.3) is 10.9 Å². The zero-order chi connectivity index (χ0) is 15.5. The lowest BCUT2D eigenvalue weighted by atomic mass is 9.94. The lowest BCUT2D eigenvalue weighted by molar-refractivity contribution is 0.0969. The first kappa shape index (κ1) is 14.8. The van der Waals surface area contributed by atoms with Crippen molar-refractivity contribution < 1.29 is 14.3 Å². The van der Waals surface area contributed by atoms with E-state index in [0.29, 0.717) is 12.5 Å². The van der Waals surface area contributed by atoms with Crippen LogP contribution in [0, 0.1) is 0 Å². The highest BCUT2D eigenvalue weighted by Crippen LogP contribution is 2.31. The number of benzene rings is 1. The summed E-state index contributed by atoms with van der Waals surface area (Å²) in [6.45, 7) is 3.77. The average molecular weight is 302 g/mol. The van der Waals surface area contributed by atoms with Crippen molar-refractivity contribution >= 4 is 17.0 Å². The molecule has 0 aliphatic carbocycles. The van der Waals surface area contributed by atoms with Crippen molar-refractivity contribution in [1.82, 2.24) is 9.88 Å². The summed E-state index contributed by atoms with van der Waals surface area (Å²) in [5, 5.41) is 1.17. The molecule has 1 fully saturated rings. The van der Waals surface area contributed by atoms with Gasteiger partial charge in [-0.3, -0.25) is 0 Å². The molecule has 1 N–H and O–H groups in total. The number of ether oxygens (including phenoxy) is 2. The van der Waals surface area contributed by atoms with Gasteiger partial charge in [0, 0.05) is 35.6 Å². The summed E-state index contributed by atoms with van der Waals surface area (Å²) in [7, 11) is 1.68. The largest absolute Gasteiger partial charge is 0.497 e. The van der Waals surface area contributed by atoms with E-state index in [0.717, 1.165) is 37.2 Å². The monoisotopic (exact) mass is 302 g/mol. The van der Waals surface area contributed by atoms with Crippen molar-refractivity contribution in [2.24, 2.45) is 0 Å². The van der Waals surface area contributed by atoms with Gasteiger partial charge in [-0.1, -0.05) is 0 Å². The third-order valence-electron chi connectivity index (χ3n) is 4.31. The number of carbonyl (C=O) groups excluding carboxylic acids is 1. The number of aromatic nitrogens is 1. The minimum atomic E-state index is -0.192. The van der Waals surface area contributed by atoms with Crippen molar-refractivity contribution in [2.75, 3.05) is 26.8 Å². The van der Waals surface area contributed by atoms with E-state index in [2.05, 4.69) is 11.1 Å². The number of fused-ring (bicyclic) bond motifs is 1. The Morgan fingerprint density at radius 1 is 1.32 bits per heavy atom. The molecule has 5 heteroatoms. The van der Waals surface area contributed by atoms with Gasteiger partial charge in [0.05, 0.1) is 13.7 Å². The van der Waals surface area contributed by atoms with E-state index < -0.39 is 0 Å². The average Bonchev–Trinajstić information content (AvgIpc) is 2.98. The van der Waals surface area contributed by atoms with Crippen LogP contribution in [0.1, 0.15) is 31.4 Å². The quantitative estimate of drug-likeness (QED) is 0.944. The smallest absolute Gasteiger partial charge is 0.409 e. The molecule has 0 saturated carbocycles. The Balaban J connectivity index is 1.69. The van der Waals surface area contributed by atoms with E-state index in [4.69, 9.17) is 9.47 Å². The fourth-order valence-corrected chi connectivity index (χ4v) is 3.07. The lowest BCUT2D eigenvalue weighted by Crippen LogP contribution is -2.38. The van der Waals surface area contributed by atoms with Crippen molar-refractivity contribution in [3.05, 3.63) is 30.0 Å². The molecule has 22 heavy (non-hydrogen) atoms. The van der Waals surface area contributed by atoms with Gasteiger partial charge in [-0.25, -0.2) is 4.79 Å². The molecule has 118 valence electrons. The Morgan fingerprint density at radius 2 is 2.09 bits per heavy atom. The Hall–Kier alpha value is -2.17. The van der Waals surface area contributed by atoms with Crippen molar-refractivity contribution in [2.45, 2.75) is 25.7 Å². The highest BCUT2D eigenvalue weighted by atomic mass is 16.6. The standard InChI is InChI=1S/C17H22N2O3/c1-3-22-17(20)19-8-6-12(7-9-19)16-11-13-10-14(21-2)4-5-15(13)18-16/h4-5,10-12,18H,3,6-9H2,1-2H3. The normalized spacial score (nSPS) is 16.0. The number of amides is 1. The molecule has 1 aliphatic rings. The number of piperidine rings is 1. The molecule has 1 saturated heterocycles. The summed E-state index contributed by atoms with van der Waals surface area (Å²) >= 11 is 0. The number of methoxy groups -OCH3 is 1. The number of H-pyrrole nitrogens is 1. The van der Waals surface area contributed by atoms with Gasteiger partial charge in [0.1, 0.15) is 5.75 Å². The van der Waals surface area contributed by atoms with E-state index in [-0.39, 0.29) is 6.09 Å². The molecule has 0 atom stereocenters. The zero-order valence-electron chi connectivity index (χ0n) is 13.1. The number of hydrogen-bond donors (Lipinski definition) is 1. The molecule has 1 aromatic heterocycles. The van der Waals surface area contributed by atoms with Gasteiger partial charge in [-0.2, -0.15) is 0 Å². The molecule has 1 aliphatic heterocycles. The van der Waals surface area contributed by atoms with E-state index in [9.17, 15) is 4.79 Å². The zero-order valence-corrected chi connectivity index (χ0v) is 13.1. The Bertz CT molecular complexity index is 657. The summed E-state index contributed by atoms with van der Waals surface area (Å²) in [6.07, 6.45) is 1.73. The molecule has 1 amide bonds. The van der Waals surface area contributed by atoms with Crippen LogP contribution in [0.15, 0.2) is 24.3 Å². The van der Waals surface area contributed by atoms with Crippen LogP contribution in [0.5, 0.6) is 5.75 Å². The van der Waals surface area contributed by atoms with Crippen LogP contribution in [-0.2, 0) is 4.74 Å². The number of carbonyl (C=O) groups is 1. The first-order valence-corrected chi connectivity index (χ1v) is 7.79. The van der Waals surface area contributed by atoms with Crippen molar-refractivity contribution in [3.63, 3.8) is 0 Å². The predicted molar refractivity (Wildman–Crippen MR) is 85.4 cm³/mol. The third-order valence-corrected chi connectivity index (χ3v) is 4.31. The van der Waals surface area contributed by atoms with Gasteiger partial charge in [0.2, 0.25) is 0 Å².